The molecule has 2 aromatic rings. The molecule has 26 heavy (non-hydrogen) atoms. The maximum absolute atomic E-state index is 13.6. The van der Waals surface area contributed by atoms with Crippen LogP contribution in [-0.2, 0) is 6.54 Å². The van der Waals surface area contributed by atoms with Crippen LogP contribution in [0, 0.1) is 12.7 Å². The first-order chi connectivity index (χ1) is 12.1. The summed E-state index contributed by atoms with van der Waals surface area (Å²) in [5.74, 6) is 0.396. The second-order valence-electron chi connectivity index (χ2n) is 5.44. The van der Waals surface area contributed by atoms with Crippen molar-refractivity contribution in [1.29, 1.82) is 0 Å². The molecule has 0 bridgehead atoms. The van der Waals surface area contributed by atoms with E-state index in [-0.39, 0.29) is 41.5 Å². The van der Waals surface area contributed by atoms with Gasteiger partial charge in [-0.25, -0.2) is 9.38 Å². The van der Waals surface area contributed by atoms with Crippen molar-refractivity contribution >= 4 is 35.8 Å². The van der Waals surface area contributed by atoms with Gasteiger partial charge in [0, 0.05) is 19.6 Å². The van der Waals surface area contributed by atoms with Crippen LogP contribution in [0.4, 0.5) is 4.39 Å². The van der Waals surface area contributed by atoms with Crippen molar-refractivity contribution in [2.24, 2.45) is 4.99 Å². The molecular weight excluding hydrogens is 450 g/mol. The predicted molar refractivity (Wildman–Crippen MR) is 110 cm³/mol. The molecule has 2 rings (SSSR count). The van der Waals surface area contributed by atoms with Crippen LogP contribution in [0.5, 0.6) is 0 Å². The summed E-state index contributed by atoms with van der Waals surface area (Å²) in [6.07, 6.45) is 1.46. The Balaban J connectivity index is 0.00000338. The van der Waals surface area contributed by atoms with Crippen LogP contribution in [0.2, 0.25) is 0 Å². The number of aliphatic imine (C=N–C) groups is 1. The van der Waals surface area contributed by atoms with E-state index in [4.69, 9.17) is 4.42 Å². The number of aryl methyl sites for hydroxylation is 1. The van der Waals surface area contributed by atoms with E-state index in [1.54, 1.807) is 25.1 Å². The Morgan fingerprint density at radius 1 is 1.19 bits per heavy atom. The second-order valence-corrected chi connectivity index (χ2v) is 5.44. The van der Waals surface area contributed by atoms with Crippen LogP contribution < -0.4 is 16.0 Å². The lowest BCUT2D eigenvalue weighted by molar-refractivity contribution is 0.0926. The number of carbonyl (C=O) groups excluding carboxylic acids is 1. The molecule has 0 atom stereocenters. The summed E-state index contributed by atoms with van der Waals surface area (Å²) in [5.41, 5.74) is 1.41. The zero-order valence-corrected chi connectivity index (χ0v) is 17.2. The molecule has 0 radical (unpaired) electrons. The molecule has 1 amide bonds. The molecule has 0 fully saturated rings. The van der Waals surface area contributed by atoms with Gasteiger partial charge in [0.1, 0.15) is 5.82 Å². The molecule has 6 nitrogen and oxygen atoms in total. The minimum Gasteiger partial charge on any atom is -0.459 e. The third-order valence-corrected chi connectivity index (χ3v) is 3.45. The number of nitrogens with zero attached hydrogens (tertiary/aromatic N) is 1. The fraction of sp³-hybridized carbons (Fsp3) is 0.333. The number of guanidine groups is 1. The smallest absolute Gasteiger partial charge is 0.287 e. The molecule has 0 aliphatic carbocycles. The number of hydrogen-bond donors (Lipinski definition) is 3. The van der Waals surface area contributed by atoms with Gasteiger partial charge in [0.15, 0.2) is 11.7 Å². The van der Waals surface area contributed by atoms with E-state index in [0.29, 0.717) is 37.7 Å². The molecule has 142 valence electrons. The normalized spacial score (nSPS) is 10.8. The third kappa shape index (κ3) is 7.03. The summed E-state index contributed by atoms with van der Waals surface area (Å²) < 4.78 is 18.6. The van der Waals surface area contributed by atoms with Gasteiger partial charge < -0.3 is 20.4 Å². The highest BCUT2D eigenvalue weighted by atomic mass is 127. The van der Waals surface area contributed by atoms with E-state index in [0.717, 1.165) is 5.56 Å². The molecular formula is C18H24FIN4O2. The molecule has 0 saturated heterocycles. The SMILES string of the molecule is CCNC(=NCc1ccc(C)c(F)c1)NCCNC(=O)c1ccco1.I. The summed E-state index contributed by atoms with van der Waals surface area (Å²) in [6.45, 7) is 5.67. The van der Waals surface area contributed by atoms with E-state index in [1.807, 2.05) is 13.0 Å². The maximum atomic E-state index is 13.6. The number of nitrogens with one attached hydrogen (secondary N) is 3. The lowest BCUT2D eigenvalue weighted by Gasteiger charge is -2.11. The van der Waals surface area contributed by atoms with Gasteiger partial charge in [0.2, 0.25) is 0 Å². The van der Waals surface area contributed by atoms with E-state index in [1.165, 1.54) is 12.3 Å². The summed E-state index contributed by atoms with van der Waals surface area (Å²) in [5, 5.41) is 8.97. The minimum atomic E-state index is -0.260. The number of furan rings is 1. The summed E-state index contributed by atoms with van der Waals surface area (Å²) in [6, 6.07) is 8.36. The topological polar surface area (TPSA) is 78.7 Å². The van der Waals surface area contributed by atoms with Gasteiger partial charge in [0.05, 0.1) is 12.8 Å². The van der Waals surface area contributed by atoms with Crippen molar-refractivity contribution in [2.45, 2.75) is 20.4 Å². The zero-order chi connectivity index (χ0) is 18.1. The molecule has 1 aromatic carbocycles. The Morgan fingerprint density at radius 2 is 1.96 bits per heavy atom. The second kappa shape index (κ2) is 11.5. The Kier molecular flexibility index (Phi) is 9.71. The largest absolute Gasteiger partial charge is 0.459 e. The van der Waals surface area contributed by atoms with Gasteiger partial charge in [-0.15, -0.1) is 24.0 Å². The van der Waals surface area contributed by atoms with Gasteiger partial charge in [0.25, 0.3) is 5.91 Å². The third-order valence-electron chi connectivity index (χ3n) is 3.45. The van der Waals surface area contributed by atoms with Crippen molar-refractivity contribution < 1.29 is 13.6 Å². The molecule has 0 spiro atoms. The number of halogens is 2. The zero-order valence-electron chi connectivity index (χ0n) is 14.8. The standard InChI is InChI=1S/C18H23FN4O2.HI/c1-3-20-18(23-12-14-7-6-13(2)15(19)11-14)22-9-8-21-17(24)16-5-4-10-25-16;/h4-7,10-11H,3,8-9,12H2,1-2H3,(H,21,24)(H2,20,22,23);1H. The Labute approximate surface area is 169 Å². The van der Waals surface area contributed by atoms with Gasteiger partial charge in [-0.05, 0) is 43.2 Å². The number of amides is 1. The number of rotatable bonds is 7. The van der Waals surface area contributed by atoms with Crippen LogP contribution in [0.25, 0.3) is 0 Å². The van der Waals surface area contributed by atoms with Crippen molar-refractivity contribution in [3.05, 3.63) is 59.3 Å². The summed E-state index contributed by atoms with van der Waals surface area (Å²) in [4.78, 5) is 16.1. The molecule has 3 N–H and O–H groups in total. The first-order valence-corrected chi connectivity index (χ1v) is 8.19. The van der Waals surface area contributed by atoms with Gasteiger partial charge in [-0.2, -0.15) is 0 Å². The van der Waals surface area contributed by atoms with Gasteiger partial charge in [-0.1, -0.05) is 12.1 Å². The highest BCUT2D eigenvalue weighted by molar-refractivity contribution is 14.0. The van der Waals surface area contributed by atoms with E-state index < -0.39 is 0 Å². The minimum absolute atomic E-state index is 0. The van der Waals surface area contributed by atoms with E-state index in [2.05, 4.69) is 20.9 Å². The molecule has 0 saturated carbocycles. The fourth-order valence-corrected chi connectivity index (χ4v) is 2.10. The molecule has 0 aliphatic heterocycles. The molecule has 0 aliphatic rings. The Hall–Kier alpha value is -2.10. The first kappa shape index (κ1) is 21.9. The van der Waals surface area contributed by atoms with Crippen LogP contribution in [0.15, 0.2) is 46.0 Å². The lowest BCUT2D eigenvalue weighted by Crippen LogP contribution is -2.41. The highest BCUT2D eigenvalue weighted by Gasteiger charge is 2.07. The average molecular weight is 474 g/mol. The van der Waals surface area contributed by atoms with Crippen LogP contribution in [0.3, 0.4) is 0 Å². The van der Waals surface area contributed by atoms with E-state index >= 15 is 0 Å². The quantitative estimate of drug-likeness (QED) is 0.250. The molecule has 8 heteroatoms. The Morgan fingerprint density at radius 3 is 2.62 bits per heavy atom. The highest BCUT2D eigenvalue weighted by Crippen LogP contribution is 2.09. The van der Waals surface area contributed by atoms with Crippen molar-refractivity contribution in [3.63, 3.8) is 0 Å². The maximum Gasteiger partial charge on any atom is 0.287 e. The van der Waals surface area contributed by atoms with Crippen LogP contribution >= 0.6 is 24.0 Å². The fourth-order valence-electron chi connectivity index (χ4n) is 2.10. The number of benzene rings is 1. The summed E-state index contributed by atoms with van der Waals surface area (Å²) >= 11 is 0. The van der Waals surface area contributed by atoms with Crippen molar-refractivity contribution in [3.8, 4) is 0 Å². The monoisotopic (exact) mass is 474 g/mol. The summed E-state index contributed by atoms with van der Waals surface area (Å²) in [7, 11) is 0. The van der Waals surface area contributed by atoms with Crippen LogP contribution in [-0.4, -0.2) is 31.5 Å². The van der Waals surface area contributed by atoms with E-state index in [9.17, 15) is 9.18 Å². The van der Waals surface area contributed by atoms with Gasteiger partial charge >= 0.3 is 0 Å². The van der Waals surface area contributed by atoms with Crippen molar-refractivity contribution in [1.82, 2.24) is 16.0 Å². The van der Waals surface area contributed by atoms with Crippen molar-refractivity contribution in [2.75, 3.05) is 19.6 Å². The van der Waals surface area contributed by atoms with Crippen LogP contribution in [0.1, 0.15) is 28.6 Å². The molecule has 1 aromatic heterocycles. The average Bonchev–Trinajstić information content (AvgIpc) is 3.14. The predicted octanol–water partition coefficient (Wildman–Crippen LogP) is 2.83. The molecule has 1 heterocycles. The lowest BCUT2D eigenvalue weighted by atomic mass is 10.1. The van der Waals surface area contributed by atoms with Gasteiger partial charge in [-0.3, -0.25) is 4.79 Å². The number of carbonyl (C=O) groups is 1. The molecule has 0 unspecified atom stereocenters. The Bertz CT molecular complexity index is 720. The number of hydrogen-bond acceptors (Lipinski definition) is 3. The first-order valence-electron chi connectivity index (χ1n) is 8.19.